The van der Waals surface area contributed by atoms with Crippen LogP contribution >= 0.6 is 0 Å². The van der Waals surface area contributed by atoms with E-state index in [0.717, 1.165) is 28.1 Å². The van der Waals surface area contributed by atoms with Gasteiger partial charge in [-0.1, -0.05) is 0 Å². The Labute approximate surface area is 136 Å². The van der Waals surface area contributed by atoms with Crippen molar-refractivity contribution in [2.24, 2.45) is 0 Å². The van der Waals surface area contributed by atoms with Crippen LogP contribution in [0.25, 0.3) is 27.8 Å². The first-order chi connectivity index (χ1) is 11.6. The standard InChI is InChI=1S/C18H12F2N4/c1-11-4-6-21-9-14(11)13-5-7-22-18-15(13)10-23-24(18)17-3-2-12(19)8-16(17)20/h2-10H,1H3. The number of halogens is 2. The molecule has 24 heavy (non-hydrogen) atoms. The summed E-state index contributed by atoms with van der Waals surface area (Å²) in [6.07, 6.45) is 6.78. The summed E-state index contributed by atoms with van der Waals surface area (Å²) in [7, 11) is 0. The van der Waals surface area contributed by atoms with Crippen LogP contribution in [0.3, 0.4) is 0 Å². The summed E-state index contributed by atoms with van der Waals surface area (Å²) in [4.78, 5) is 8.48. The number of benzene rings is 1. The number of fused-ring (bicyclic) bond motifs is 1. The third-order valence-electron chi connectivity index (χ3n) is 3.94. The quantitative estimate of drug-likeness (QED) is 0.559. The highest BCUT2D eigenvalue weighted by atomic mass is 19.1. The van der Waals surface area contributed by atoms with Gasteiger partial charge in [-0.15, -0.1) is 0 Å². The van der Waals surface area contributed by atoms with Crippen molar-refractivity contribution in [3.63, 3.8) is 0 Å². The zero-order valence-electron chi connectivity index (χ0n) is 12.7. The maximum Gasteiger partial charge on any atom is 0.163 e. The van der Waals surface area contributed by atoms with Crippen LogP contribution in [-0.2, 0) is 0 Å². The average molecular weight is 322 g/mol. The van der Waals surface area contributed by atoms with Gasteiger partial charge in [0, 0.05) is 35.6 Å². The normalized spacial score (nSPS) is 11.1. The molecular formula is C18H12F2N4. The molecule has 0 fully saturated rings. The summed E-state index contributed by atoms with van der Waals surface area (Å²) in [5.74, 6) is -1.32. The van der Waals surface area contributed by atoms with Gasteiger partial charge in [-0.25, -0.2) is 18.4 Å². The van der Waals surface area contributed by atoms with E-state index in [9.17, 15) is 8.78 Å². The highest BCUT2D eigenvalue weighted by Crippen LogP contribution is 2.30. The Hall–Kier alpha value is -3.15. The van der Waals surface area contributed by atoms with Crippen molar-refractivity contribution in [3.8, 4) is 16.8 Å². The summed E-state index contributed by atoms with van der Waals surface area (Å²) in [6.45, 7) is 1.99. The molecular weight excluding hydrogens is 310 g/mol. The highest BCUT2D eigenvalue weighted by Gasteiger charge is 2.15. The fourth-order valence-electron chi connectivity index (χ4n) is 2.74. The lowest BCUT2D eigenvalue weighted by Crippen LogP contribution is -2.01. The Kier molecular flexibility index (Phi) is 3.30. The minimum Gasteiger partial charge on any atom is -0.264 e. The Morgan fingerprint density at radius 3 is 2.62 bits per heavy atom. The molecule has 0 aliphatic heterocycles. The summed E-state index contributed by atoms with van der Waals surface area (Å²) in [5.41, 5.74) is 3.60. The molecule has 0 amide bonds. The Morgan fingerprint density at radius 2 is 1.83 bits per heavy atom. The third-order valence-corrected chi connectivity index (χ3v) is 3.94. The Morgan fingerprint density at radius 1 is 0.958 bits per heavy atom. The predicted molar refractivity (Wildman–Crippen MR) is 86.7 cm³/mol. The van der Waals surface area contributed by atoms with E-state index in [-0.39, 0.29) is 5.69 Å². The van der Waals surface area contributed by atoms with E-state index in [4.69, 9.17) is 0 Å². The topological polar surface area (TPSA) is 43.6 Å². The van der Waals surface area contributed by atoms with E-state index in [1.165, 1.54) is 16.8 Å². The van der Waals surface area contributed by atoms with Crippen molar-refractivity contribution in [2.75, 3.05) is 0 Å². The fraction of sp³-hybridized carbons (Fsp3) is 0.0556. The number of hydrogen-bond acceptors (Lipinski definition) is 3. The number of nitrogens with zero attached hydrogens (tertiary/aromatic N) is 4. The molecule has 0 bridgehead atoms. The summed E-state index contributed by atoms with van der Waals surface area (Å²) in [5, 5.41) is 5.02. The van der Waals surface area contributed by atoms with Crippen LogP contribution in [0.5, 0.6) is 0 Å². The van der Waals surface area contributed by atoms with Gasteiger partial charge in [-0.3, -0.25) is 4.98 Å². The molecule has 4 nitrogen and oxygen atoms in total. The van der Waals surface area contributed by atoms with Crippen molar-refractivity contribution in [3.05, 3.63) is 72.3 Å². The van der Waals surface area contributed by atoms with Gasteiger partial charge in [0.15, 0.2) is 11.5 Å². The fourth-order valence-corrected chi connectivity index (χ4v) is 2.74. The number of aryl methyl sites for hydroxylation is 1. The van der Waals surface area contributed by atoms with Crippen molar-refractivity contribution < 1.29 is 8.78 Å². The van der Waals surface area contributed by atoms with Gasteiger partial charge in [0.2, 0.25) is 0 Å². The smallest absolute Gasteiger partial charge is 0.163 e. The SMILES string of the molecule is Cc1ccncc1-c1ccnc2c1cnn2-c1ccc(F)cc1F. The molecule has 0 aliphatic carbocycles. The molecule has 3 aromatic heterocycles. The van der Waals surface area contributed by atoms with E-state index in [0.29, 0.717) is 5.65 Å². The molecule has 118 valence electrons. The molecule has 4 rings (SSSR count). The van der Waals surface area contributed by atoms with Gasteiger partial charge in [0.1, 0.15) is 11.5 Å². The number of rotatable bonds is 2. The maximum absolute atomic E-state index is 14.1. The van der Waals surface area contributed by atoms with Crippen LogP contribution in [0.4, 0.5) is 8.78 Å². The summed E-state index contributed by atoms with van der Waals surface area (Å²) >= 11 is 0. The number of hydrogen-bond donors (Lipinski definition) is 0. The van der Waals surface area contributed by atoms with Gasteiger partial charge < -0.3 is 0 Å². The van der Waals surface area contributed by atoms with Crippen LogP contribution in [0.1, 0.15) is 5.56 Å². The first-order valence-corrected chi connectivity index (χ1v) is 7.34. The third kappa shape index (κ3) is 2.23. The Balaban J connectivity index is 1.96. The van der Waals surface area contributed by atoms with Crippen molar-refractivity contribution >= 4 is 11.0 Å². The molecule has 3 heterocycles. The summed E-state index contributed by atoms with van der Waals surface area (Å²) < 4.78 is 28.6. The van der Waals surface area contributed by atoms with E-state index in [2.05, 4.69) is 15.1 Å². The largest absolute Gasteiger partial charge is 0.264 e. The zero-order chi connectivity index (χ0) is 16.7. The van der Waals surface area contributed by atoms with Gasteiger partial charge in [-0.05, 0) is 42.3 Å². The lowest BCUT2D eigenvalue weighted by atomic mass is 10.0. The maximum atomic E-state index is 14.1. The minimum absolute atomic E-state index is 0.152. The van der Waals surface area contributed by atoms with E-state index < -0.39 is 11.6 Å². The number of aromatic nitrogens is 4. The van der Waals surface area contributed by atoms with Crippen LogP contribution < -0.4 is 0 Å². The monoisotopic (exact) mass is 322 g/mol. The van der Waals surface area contributed by atoms with Crippen LogP contribution in [0, 0.1) is 18.6 Å². The molecule has 6 heteroatoms. The lowest BCUT2D eigenvalue weighted by Gasteiger charge is -2.07. The van der Waals surface area contributed by atoms with Gasteiger partial charge >= 0.3 is 0 Å². The van der Waals surface area contributed by atoms with Crippen LogP contribution in [-0.4, -0.2) is 19.7 Å². The highest BCUT2D eigenvalue weighted by molar-refractivity contribution is 5.93. The molecule has 0 saturated carbocycles. The second kappa shape index (κ2) is 5.49. The Bertz CT molecular complexity index is 1060. The molecule has 0 unspecified atom stereocenters. The van der Waals surface area contributed by atoms with Gasteiger partial charge in [0.05, 0.1) is 6.20 Å². The van der Waals surface area contributed by atoms with Gasteiger partial charge in [-0.2, -0.15) is 5.10 Å². The van der Waals surface area contributed by atoms with E-state index in [1.54, 1.807) is 24.8 Å². The molecule has 0 aliphatic rings. The minimum atomic E-state index is -0.690. The van der Waals surface area contributed by atoms with Crippen molar-refractivity contribution in [2.45, 2.75) is 6.92 Å². The summed E-state index contributed by atoms with van der Waals surface area (Å²) in [6, 6.07) is 7.17. The first kappa shape index (κ1) is 14.4. The second-order valence-corrected chi connectivity index (χ2v) is 5.44. The lowest BCUT2D eigenvalue weighted by molar-refractivity contribution is 0.574. The average Bonchev–Trinajstić information content (AvgIpc) is 2.99. The van der Waals surface area contributed by atoms with Crippen LogP contribution in [0.15, 0.2) is 55.1 Å². The van der Waals surface area contributed by atoms with Crippen molar-refractivity contribution in [1.29, 1.82) is 0 Å². The molecule has 4 aromatic rings. The van der Waals surface area contributed by atoms with Crippen molar-refractivity contribution in [1.82, 2.24) is 19.7 Å². The number of pyridine rings is 2. The van der Waals surface area contributed by atoms with E-state index in [1.807, 2.05) is 19.1 Å². The molecule has 1 aromatic carbocycles. The second-order valence-electron chi connectivity index (χ2n) is 5.44. The first-order valence-electron chi connectivity index (χ1n) is 7.34. The zero-order valence-corrected chi connectivity index (χ0v) is 12.7. The predicted octanol–water partition coefficient (Wildman–Crippen LogP) is 4.07. The van der Waals surface area contributed by atoms with E-state index >= 15 is 0 Å². The molecule has 0 spiro atoms. The molecule has 0 radical (unpaired) electrons. The molecule has 0 N–H and O–H groups in total. The molecule has 0 atom stereocenters. The van der Waals surface area contributed by atoms with Crippen LogP contribution in [0.2, 0.25) is 0 Å². The van der Waals surface area contributed by atoms with Gasteiger partial charge in [0.25, 0.3) is 0 Å². The molecule has 0 saturated heterocycles.